The number of nitrogens with one attached hydrogen (secondary N) is 1. The number of hydrogen-bond donors (Lipinski definition) is 2. The molecule has 3 fully saturated rings. The number of allylic oxidation sites excluding steroid dienone is 1. The van der Waals surface area contributed by atoms with E-state index < -0.39 is 65.2 Å². The van der Waals surface area contributed by atoms with Crippen molar-refractivity contribution < 1.29 is 38.5 Å². The Morgan fingerprint density at radius 1 is 1.22 bits per heavy atom. The van der Waals surface area contributed by atoms with Gasteiger partial charge >= 0.3 is 5.97 Å². The van der Waals surface area contributed by atoms with Gasteiger partial charge in [0, 0.05) is 30.4 Å². The summed E-state index contributed by atoms with van der Waals surface area (Å²) < 4.78 is 18.6. The van der Waals surface area contributed by atoms with E-state index in [1.165, 1.54) is 12.0 Å². The molecule has 3 aliphatic rings. The maximum Gasteiger partial charge on any atom is 0.313 e. The number of methoxy groups -OCH3 is 1. The van der Waals surface area contributed by atoms with Crippen molar-refractivity contribution in [2.45, 2.75) is 107 Å². The fourth-order valence-corrected chi connectivity index (χ4v) is 8.83. The van der Waals surface area contributed by atoms with Gasteiger partial charge < -0.3 is 34.4 Å². The molecule has 0 radical (unpaired) electrons. The second-order valence-electron chi connectivity index (χ2n) is 14.7. The normalized spacial score (nSPS) is 28.0. The molecule has 50 heavy (non-hydrogen) atoms. The van der Waals surface area contributed by atoms with Crippen molar-refractivity contribution in [2.24, 2.45) is 17.8 Å². The Morgan fingerprint density at radius 3 is 2.46 bits per heavy atom. The number of benzene rings is 1. The Labute approximate surface area is 304 Å². The smallest absolute Gasteiger partial charge is 0.313 e. The summed E-state index contributed by atoms with van der Waals surface area (Å²) >= 11 is 3.74. The molecule has 1 unspecified atom stereocenters. The number of aliphatic hydroxyl groups excluding tert-OH is 1. The highest BCUT2D eigenvalue weighted by Crippen LogP contribution is 2.61. The van der Waals surface area contributed by atoms with Crippen LogP contribution in [0, 0.1) is 17.8 Å². The minimum absolute atomic E-state index is 0.0496. The lowest BCUT2D eigenvalue weighted by Gasteiger charge is -2.44. The minimum atomic E-state index is -1.35. The fourth-order valence-electron chi connectivity index (χ4n) is 7.88. The molecule has 12 heteroatoms. The first-order valence-electron chi connectivity index (χ1n) is 17.5. The molecule has 3 aliphatic heterocycles. The Morgan fingerprint density at radius 2 is 1.90 bits per heavy atom. The molecule has 11 nitrogen and oxygen atoms in total. The average Bonchev–Trinajstić information content (AvgIpc) is 3.68. The maximum atomic E-state index is 14.8. The molecule has 1 aromatic rings. The van der Waals surface area contributed by atoms with Gasteiger partial charge in [0.05, 0.1) is 43.2 Å². The molecule has 0 saturated carbocycles. The van der Waals surface area contributed by atoms with Crippen LogP contribution in [-0.2, 0) is 33.4 Å². The summed E-state index contributed by atoms with van der Waals surface area (Å²) in [7, 11) is 1.50. The van der Waals surface area contributed by atoms with Crippen molar-refractivity contribution in [2.75, 3.05) is 26.9 Å². The first kappa shape index (κ1) is 39.7. The molecule has 3 heterocycles. The third-order valence-corrected chi connectivity index (χ3v) is 11.3. The number of carbonyl (C=O) groups is 4. The molecule has 3 saturated heterocycles. The highest BCUT2D eigenvalue weighted by atomic mass is 79.9. The van der Waals surface area contributed by atoms with Crippen LogP contribution >= 0.6 is 15.9 Å². The first-order chi connectivity index (χ1) is 23.7. The molecular weight excluding hydrogens is 706 g/mol. The number of amides is 3. The van der Waals surface area contributed by atoms with Gasteiger partial charge in [0.15, 0.2) is 0 Å². The van der Waals surface area contributed by atoms with Crippen LogP contribution in [-0.4, -0.2) is 106 Å². The number of alkyl halides is 1. The van der Waals surface area contributed by atoms with Crippen LogP contribution < -0.4 is 5.32 Å². The highest BCUT2D eigenvalue weighted by Gasteiger charge is 2.78. The van der Waals surface area contributed by atoms with Crippen LogP contribution in [0.25, 0.3) is 0 Å². The number of ether oxygens (including phenoxy) is 3. The van der Waals surface area contributed by atoms with Gasteiger partial charge in [-0.15, -0.1) is 13.2 Å². The van der Waals surface area contributed by atoms with Crippen LogP contribution in [0.5, 0.6) is 0 Å². The number of esters is 1. The molecule has 4 rings (SSSR count). The van der Waals surface area contributed by atoms with E-state index in [1.807, 2.05) is 52.8 Å². The quantitative estimate of drug-likeness (QED) is 0.136. The Bertz CT molecular complexity index is 1400. The third-order valence-electron chi connectivity index (χ3n) is 10.5. The molecule has 10 atom stereocenters. The van der Waals surface area contributed by atoms with E-state index in [0.29, 0.717) is 24.8 Å². The Kier molecular flexibility index (Phi) is 13.1. The molecule has 276 valence electrons. The van der Waals surface area contributed by atoms with E-state index in [-0.39, 0.29) is 48.7 Å². The largest absolute Gasteiger partial charge is 0.455 e. The van der Waals surface area contributed by atoms with Crippen molar-refractivity contribution in [3.8, 4) is 0 Å². The molecule has 0 aromatic heterocycles. The van der Waals surface area contributed by atoms with Crippen molar-refractivity contribution in [3.05, 3.63) is 61.2 Å². The topological polar surface area (TPSA) is 135 Å². The summed E-state index contributed by atoms with van der Waals surface area (Å²) in [6.45, 7) is 17.1. The molecule has 2 bridgehead atoms. The monoisotopic (exact) mass is 759 g/mol. The second-order valence-corrected chi connectivity index (χ2v) is 15.9. The summed E-state index contributed by atoms with van der Waals surface area (Å²) in [4.78, 5) is 60.0. The summed E-state index contributed by atoms with van der Waals surface area (Å²) in [6, 6.07) is 6.54. The van der Waals surface area contributed by atoms with E-state index in [1.54, 1.807) is 29.2 Å². The predicted molar refractivity (Wildman–Crippen MR) is 193 cm³/mol. The maximum absolute atomic E-state index is 14.8. The van der Waals surface area contributed by atoms with E-state index in [4.69, 9.17) is 14.2 Å². The standard InChI is InChI=1S/C38H54BrN3O8/c1-9-12-18-28(44)40-26(22-48-8)31(24-16-14-13-15-17-24)49-36(47)29-30-34(45)42(27(21-43)23(4)11-3)33(38(30)20-25(39)32(29)50-38)35(46)41(19-10-2)37(5,6)7/h9-10,13-17,23,25-27,29-33,43H,1-2,11-12,18-22H2,3-8H3,(H,40,44)/t23-,25?,26-,27-,29+,30-,31-,32+,33+,38-/m0/s1. The number of fused-ring (bicyclic) bond motifs is 1. The summed E-state index contributed by atoms with van der Waals surface area (Å²) in [5, 5.41) is 13.7. The summed E-state index contributed by atoms with van der Waals surface area (Å²) in [6.07, 6.45) is 3.22. The predicted octanol–water partition coefficient (Wildman–Crippen LogP) is 4.34. The zero-order chi connectivity index (χ0) is 37.0. The summed E-state index contributed by atoms with van der Waals surface area (Å²) in [5.74, 6) is -3.92. The van der Waals surface area contributed by atoms with Crippen molar-refractivity contribution >= 4 is 39.6 Å². The lowest BCUT2D eigenvalue weighted by Crippen LogP contribution is -2.62. The van der Waals surface area contributed by atoms with Crippen molar-refractivity contribution in [1.29, 1.82) is 0 Å². The SMILES string of the molecule is C=CCCC(=O)N[C@@H](COC)[C@@H](OC(=O)[C@H]1[C@@H]2O[C@@]3(CC2Br)[C@@H]1C(=O)N([C@@H](CO)[C@@H](C)CC)[C@@H]3C(=O)N(CC=C)C(C)(C)C)c1ccccc1. The second kappa shape index (κ2) is 16.5. The van der Waals surface area contributed by atoms with Gasteiger partial charge in [0.2, 0.25) is 17.7 Å². The van der Waals surface area contributed by atoms with Crippen molar-refractivity contribution in [1.82, 2.24) is 15.1 Å². The van der Waals surface area contributed by atoms with Crippen LogP contribution in [0.2, 0.25) is 0 Å². The van der Waals surface area contributed by atoms with Crippen molar-refractivity contribution in [3.63, 3.8) is 0 Å². The Balaban J connectivity index is 1.80. The van der Waals surface area contributed by atoms with Gasteiger partial charge in [-0.3, -0.25) is 19.2 Å². The number of aliphatic hydroxyl groups is 1. The number of rotatable bonds is 17. The molecular formula is C38H54BrN3O8. The highest BCUT2D eigenvalue weighted by molar-refractivity contribution is 9.09. The van der Waals surface area contributed by atoms with E-state index in [9.17, 15) is 24.3 Å². The van der Waals surface area contributed by atoms with Gasteiger partial charge in [-0.25, -0.2) is 0 Å². The number of likely N-dealkylation sites (tertiary alicyclic amines) is 1. The fraction of sp³-hybridized carbons (Fsp3) is 0.632. The van der Waals surface area contributed by atoms with E-state index in [0.717, 1.165) is 0 Å². The van der Waals surface area contributed by atoms with E-state index in [2.05, 4.69) is 34.4 Å². The lowest BCUT2D eigenvalue weighted by molar-refractivity contribution is -0.164. The summed E-state index contributed by atoms with van der Waals surface area (Å²) in [5.41, 5.74) is -1.34. The molecule has 2 N–H and O–H groups in total. The first-order valence-corrected chi connectivity index (χ1v) is 18.5. The molecule has 1 spiro atoms. The lowest BCUT2D eigenvalue weighted by atomic mass is 9.70. The number of halogens is 1. The van der Waals surface area contributed by atoms with Gasteiger partial charge in [0.25, 0.3) is 0 Å². The Hall–Kier alpha value is -3.06. The van der Waals surface area contributed by atoms with Crippen LogP contribution in [0.3, 0.4) is 0 Å². The van der Waals surface area contributed by atoms with Crippen LogP contribution in [0.1, 0.15) is 72.0 Å². The number of hydrogen-bond acceptors (Lipinski definition) is 8. The van der Waals surface area contributed by atoms with Crippen LogP contribution in [0.4, 0.5) is 0 Å². The molecule has 3 amide bonds. The number of carbonyl (C=O) groups excluding carboxylic acids is 4. The third kappa shape index (κ3) is 7.59. The molecule has 0 aliphatic carbocycles. The molecule has 1 aromatic carbocycles. The van der Waals surface area contributed by atoms with Gasteiger partial charge in [0.1, 0.15) is 17.7 Å². The number of nitrogens with zero attached hydrogens (tertiary/aromatic N) is 2. The zero-order valence-corrected chi connectivity index (χ0v) is 31.8. The van der Waals surface area contributed by atoms with Gasteiger partial charge in [-0.2, -0.15) is 0 Å². The zero-order valence-electron chi connectivity index (χ0n) is 30.2. The van der Waals surface area contributed by atoms with E-state index >= 15 is 0 Å². The van der Waals surface area contributed by atoms with Gasteiger partial charge in [-0.1, -0.05) is 78.7 Å². The minimum Gasteiger partial charge on any atom is -0.455 e. The van der Waals surface area contributed by atoms with Gasteiger partial charge in [-0.05, 0) is 45.1 Å². The van der Waals surface area contributed by atoms with Crippen LogP contribution in [0.15, 0.2) is 55.6 Å². The average molecular weight is 761 g/mol.